The fourth-order valence-corrected chi connectivity index (χ4v) is 5.45. The normalized spacial score (nSPS) is 14.0. The maximum Gasteiger partial charge on any atom is 0.240 e. The summed E-state index contributed by atoms with van der Waals surface area (Å²) >= 11 is 0. The first-order valence-corrected chi connectivity index (χ1v) is 12.8. The summed E-state index contributed by atoms with van der Waals surface area (Å²) in [5.41, 5.74) is 10.4. The molecule has 0 aliphatic heterocycles. The second kappa shape index (κ2) is 10.1. The molecule has 3 aromatic rings. The van der Waals surface area contributed by atoms with Crippen molar-refractivity contribution in [2.24, 2.45) is 0 Å². The van der Waals surface area contributed by atoms with Crippen LogP contribution in [0.25, 0.3) is 11.0 Å². The molecular formula is C23H30FN5O3S. The zero-order chi connectivity index (χ0) is 23.4. The topological polar surface area (TPSA) is 112 Å². The molecule has 2 aromatic heterocycles. The minimum atomic E-state index is -3.66. The molecule has 0 saturated carbocycles. The van der Waals surface area contributed by atoms with Gasteiger partial charge in [0.05, 0.1) is 17.0 Å². The van der Waals surface area contributed by atoms with E-state index in [1.54, 1.807) is 7.11 Å². The van der Waals surface area contributed by atoms with Gasteiger partial charge in [0, 0.05) is 32.3 Å². The summed E-state index contributed by atoms with van der Waals surface area (Å²) in [4.78, 5) is 9.47. The first-order valence-electron chi connectivity index (χ1n) is 11.3. The number of hydrogen-bond donors (Lipinski definition) is 2. The third kappa shape index (κ3) is 5.18. The van der Waals surface area contributed by atoms with E-state index in [-0.39, 0.29) is 4.90 Å². The van der Waals surface area contributed by atoms with Gasteiger partial charge in [0.1, 0.15) is 17.2 Å². The number of pyridine rings is 1. The van der Waals surface area contributed by atoms with Crippen LogP contribution in [-0.4, -0.2) is 43.2 Å². The fraction of sp³-hybridized carbons (Fsp3) is 0.478. The molecule has 0 fully saturated rings. The van der Waals surface area contributed by atoms with Gasteiger partial charge in [-0.1, -0.05) is 0 Å². The number of hydrogen-bond acceptors (Lipinski definition) is 6. The Morgan fingerprint density at radius 1 is 1.15 bits per heavy atom. The number of rotatable bonds is 10. The standard InChI is InChI=1S/C23H30FN5O3S/c1-32-15-12-20-28-21-22(18-6-2-3-7-19(18)27-23(21)25)29(20)14-5-4-13-26-33(30,31)17-10-8-16(24)9-11-17/h8-11,26H,2-7,12-15H2,1H3,(H2,25,27). The van der Waals surface area contributed by atoms with Crippen molar-refractivity contribution in [3.05, 3.63) is 47.2 Å². The number of aryl methyl sites for hydroxylation is 3. The number of imidazole rings is 1. The molecule has 8 nitrogen and oxygen atoms in total. The maximum absolute atomic E-state index is 13.1. The van der Waals surface area contributed by atoms with Crippen LogP contribution in [0.3, 0.4) is 0 Å². The molecule has 178 valence electrons. The molecule has 0 unspecified atom stereocenters. The number of nitrogens with two attached hydrogens (primary N) is 1. The van der Waals surface area contributed by atoms with Gasteiger partial charge in [0.2, 0.25) is 10.0 Å². The van der Waals surface area contributed by atoms with Gasteiger partial charge in [-0.2, -0.15) is 0 Å². The zero-order valence-electron chi connectivity index (χ0n) is 18.8. The highest BCUT2D eigenvalue weighted by atomic mass is 32.2. The van der Waals surface area contributed by atoms with Crippen molar-refractivity contribution in [3.63, 3.8) is 0 Å². The third-order valence-electron chi connectivity index (χ3n) is 6.02. The Morgan fingerprint density at radius 3 is 2.67 bits per heavy atom. The lowest BCUT2D eigenvalue weighted by molar-refractivity contribution is 0.199. The summed E-state index contributed by atoms with van der Waals surface area (Å²) in [5.74, 6) is 0.908. The number of nitrogen functional groups attached to an aromatic ring is 1. The van der Waals surface area contributed by atoms with Crippen LogP contribution in [0.4, 0.5) is 10.2 Å². The third-order valence-corrected chi connectivity index (χ3v) is 7.50. The summed E-state index contributed by atoms with van der Waals surface area (Å²) in [6.07, 6.45) is 6.20. The van der Waals surface area contributed by atoms with Crippen molar-refractivity contribution in [1.82, 2.24) is 19.3 Å². The van der Waals surface area contributed by atoms with E-state index < -0.39 is 15.8 Å². The summed E-state index contributed by atoms with van der Waals surface area (Å²) in [6.45, 7) is 1.54. The maximum atomic E-state index is 13.1. The highest BCUT2D eigenvalue weighted by molar-refractivity contribution is 7.89. The summed E-state index contributed by atoms with van der Waals surface area (Å²) in [7, 11) is -2.00. The van der Waals surface area contributed by atoms with Gasteiger partial charge in [0.25, 0.3) is 0 Å². The minimum absolute atomic E-state index is 0.0564. The van der Waals surface area contributed by atoms with E-state index in [1.807, 2.05) is 0 Å². The Balaban J connectivity index is 1.48. The van der Waals surface area contributed by atoms with Crippen molar-refractivity contribution in [2.45, 2.75) is 56.4 Å². The Hall–Kier alpha value is -2.56. The molecule has 0 radical (unpaired) electrons. The van der Waals surface area contributed by atoms with Crippen LogP contribution >= 0.6 is 0 Å². The molecule has 0 spiro atoms. The number of nitrogens with one attached hydrogen (secondary N) is 1. The Kier molecular flexibility index (Phi) is 7.26. The summed E-state index contributed by atoms with van der Waals surface area (Å²) in [5, 5.41) is 0. The van der Waals surface area contributed by atoms with E-state index in [4.69, 9.17) is 15.5 Å². The lowest BCUT2D eigenvalue weighted by Gasteiger charge is -2.18. The Labute approximate surface area is 193 Å². The van der Waals surface area contributed by atoms with Gasteiger partial charge in [-0.15, -0.1) is 0 Å². The van der Waals surface area contributed by atoms with Crippen LogP contribution in [0.1, 0.15) is 42.8 Å². The number of halogens is 1. The van der Waals surface area contributed by atoms with E-state index in [1.165, 1.54) is 17.7 Å². The van der Waals surface area contributed by atoms with E-state index in [2.05, 4.69) is 14.3 Å². The summed E-state index contributed by atoms with van der Waals surface area (Å²) in [6, 6.07) is 4.81. The van der Waals surface area contributed by atoms with Crippen molar-refractivity contribution in [3.8, 4) is 0 Å². The van der Waals surface area contributed by atoms with Crippen molar-refractivity contribution in [2.75, 3.05) is 26.0 Å². The van der Waals surface area contributed by atoms with Gasteiger partial charge in [-0.3, -0.25) is 0 Å². The van der Waals surface area contributed by atoms with E-state index in [9.17, 15) is 12.8 Å². The molecule has 3 N–H and O–H groups in total. The van der Waals surface area contributed by atoms with E-state index in [0.29, 0.717) is 38.4 Å². The second-order valence-electron chi connectivity index (χ2n) is 8.31. The Morgan fingerprint density at radius 2 is 1.91 bits per heavy atom. The van der Waals surface area contributed by atoms with Gasteiger partial charge in [-0.05, 0) is 68.4 Å². The monoisotopic (exact) mass is 475 g/mol. The number of unbranched alkanes of at least 4 members (excludes halogenated alkanes) is 1. The predicted octanol–water partition coefficient (Wildman–Crippen LogP) is 2.98. The van der Waals surface area contributed by atoms with Crippen LogP contribution < -0.4 is 10.5 Å². The highest BCUT2D eigenvalue weighted by Gasteiger charge is 2.22. The second-order valence-corrected chi connectivity index (χ2v) is 10.1. The molecule has 0 atom stereocenters. The number of fused-ring (bicyclic) bond motifs is 3. The molecule has 0 bridgehead atoms. The molecule has 1 aromatic carbocycles. The number of methoxy groups -OCH3 is 1. The number of benzene rings is 1. The molecule has 4 rings (SSSR count). The van der Waals surface area contributed by atoms with Gasteiger partial charge in [0.15, 0.2) is 5.82 Å². The van der Waals surface area contributed by atoms with Gasteiger partial charge < -0.3 is 15.0 Å². The average molecular weight is 476 g/mol. The molecule has 33 heavy (non-hydrogen) atoms. The number of ether oxygens (including phenoxy) is 1. The van der Waals surface area contributed by atoms with Crippen LogP contribution in [0.15, 0.2) is 29.2 Å². The lowest BCUT2D eigenvalue weighted by atomic mass is 9.95. The van der Waals surface area contributed by atoms with Gasteiger partial charge in [-0.25, -0.2) is 27.5 Å². The van der Waals surface area contributed by atoms with Crippen LogP contribution in [0, 0.1) is 5.82 Å². The lowest BCUT2D eigenvalue weighted by Crippen LogP contribution is -2.25. The first kappa shape index (κ1) is 23.6. The first-order chi connectivity index (χ1) is 15.9. The van der Waals surface area contributed by atoms with Crippen molar-refractivity contribution in [1.29, 1.82) is 0 Å². The quantitative estimate of drug-likeness (QED) is 0.436. The molecule has 10 heteroatoms. The minimum Gasteiger partial charge on any atom is -0.384 e. The van der Waals surface area contributed by atoms with Crippen LogP contribution in [0.5, 0.6) is 0 Å². The highest BCUT2D eigenvalue weighted by Crippen LogP contribution is 2.32. The molecule has 1 aliphatic rings. The van der Waals surface area contributed by atoms with Gasteiger partial charge >= 0.3 is 0 Å². The molecule has 2 heterocycles. The van der Waals surface area contributed by atoms with Crippen LogP contribution in [-0.2, 0) is 40.6 Å². The fourth-order valence-electron chi connectivity index (χ4n) is 4.37. The number of nitrogens with zero attached hydrogens (tertiary/aromatic N) is 3. The smallest absolute Gasteiger partial charge is 0.240 e. The number of sulfonamides is 1. The number of anilines is 1. The summed E-state index contributed by atoms with van der Waals surface area (Å²) < 4.78 is 47.9. The Bertz CT molecular complexity index is 1230. The predicted molar refractivity (Wildman–Crippen MR) is 125 cm³/mol. The average Bonchev–Trinajstić information content (AvgIpc) is 3.17. The van der Waals surface area contributed by atoms with Crippen molar-refractivity contribution >= 4 is 26.9 Å². The largest absolute Gasteiger partial charge is 0.384 e. The molecule has 1 aliphatic carbocycles. The molecule has 0 saturated heterocycles. The van der Waals surface area contributed by atoms with Crippen molar-refractivity contribution < 1.29 is 17.5 Å². The zero-order valence-corrected chi connectivity index (χ0v) is 19.6. The number of aromatic nitrogens is 3. The SMILES string of the molecule is COCCc1nc2c(N)nc3c(c2n1CCCCNS(=O)(=O)c1ccc(F)cc1)CCCC3. The van der Waals surface area contributed by atoms with E-state index >= 15 is 0 Å². The molecular weight excluding hydrogens is 445 g/mol. The van der Waals surface area contributed by atoms with Crippen LogP contribution in [0.2, 0.25) is 0 Å². The molecule has 0 amide bonds. The van der Waals surface area contributed by atoms with E-state index in [0.717, 1.165) is 66.8 Å².